The van der Waals surface area contributed by atoms with Gasteiger partial charge in [0.25, 0.3) is 11.8 Å². The number of nitrogens with one attached hydrogen (secondary N) is 2. The van der Waals surface area contributed by atoms with E-state index in [4.69, 9.17) is 19.4 Å². The highest BCUT2D eigenvalue weighted by molar-refractivity contribution is 6.36. The summed E-state index contributed by atoms with van der Waals surface area (Å²) in [5.41, 5.74) is 2.86. The molecule has 11 heteroatoms. The molecule has 0 saturated carbocycles. The third kappa shape index (κ3) is 4.24. The van der Waals surface area contributed by atoms with E-state index in [-0.39, 0.29) is 13.1 Å². The molecule has 1 aliphatic rings. The predicted octanol–water partition coefficient (Wildman–Crippen LogP) is 1.67. The van der Waals surface area contributed by atoms with Gasteiger partial charge in [0.2, 0.25) is 5.91 Å². The van der Waals surface area contributed by atoms with Crippen LogP contribution in [-0.4, -0.2) is 64.7 Å². The van der Waals surface area contributed by atoms with Gasteiger partial charge in [0, 0.05) is 35.9 Å². The lowest BCUT2D eigenvalue weighted by Gasteiger charge is -2.15. The average Bonchev–Trinajstić information content (AvgIpc) is 3.35. The van der Waals surface area contributed by atoms with Crippen molar-refractivity contribution < 1.29 is 14.4 Å². The molecular formula is C24H18BClN6O3. The molecule has 0 atom stereocenters. The first-order chi connectivity index (χ1) is 16.9. The second-order valence-corrected chi connectivity index (χ2v) is 8.27. The number of fused-ring (bicyclic) bond motifs is 2. The summed E-state index contributed by atoms with van der Waals surface area (Å²) >= 11 is 6.34. The van der Waals surface area contributed by atoms with E-state index in [1.807, 2.05) is 18.2 Å². The second-order valence-electron chi connectivity index (χ2n) is 7.86. The summed E-state index contributed by atoms with van der Waals surface area (Å²) in [6, 6.07) is 15.6. The molecule has 2 aromatic heterocycles. The van der Waals surface area contributed by atoms with Gasteiger partial charge in [0.15, 0.2) is 5.65 Å². The van der Waals surface area contributed by atoms with E-state index in [1.165, 1.54) is 6.20 Å². The van der Waals surface area contributed by atoms with E-state index in [9.17, 15) is 14.4 Å². The molecule has 4 aromatic rings. The van der Waals surface area contributed by atoms with Gasteiger partial charge in [-0.15, -0.1) is 0 Å². The van der Waals surface area contributed by atoms with Gasteiger partial charge in [0.1, 0.15) is 20.2 Å². The van der Waals surface area contributed by atoms with Gasteiger partial charge in [0.05, 0.1) is 16.8 Å². The summed E-state index contributed by atoms with van der Waals surface area (Å²) in [7, 11) is 6.03. The number of hydrogen-bond acceptors (Lipinski definition) is 6. The van der Waals surface area contributed by atoms with Crippen LogP contribution in [0.3, 0.4) is 0 Å². The summed E-state index contributed by atoms with van der Waals surface area (Å²) in [5.74, 6) is -0.777. The van der Waals surface area contributed by atoms with Crippen LogP contribution in [0.25, 0.3) is 16.9 Å². The third-order valence-electron chi connectivity index (χ3n) is 5.58. The number of anilines is 1. The van der Waals surface area contributed by atoms with Crippen LogP contribution < -0.4 is 16.1 Å². The quantitative estimate of drug-likeness (QED) is 0.235. The molecular weight excluding hydrogens is 467 g/mol. The molecule has 0 bridgehead atoms. The van der Waals surface area contributed by atoms with Gasteiger partial charge in [-0.25, -0.2) is 4.98 Å². The van der Waals surface area contributed by atoms with Crippen LogP contribution in [0.2, 0.25) is 5.02 Å². The van der Waals surface area contributed by atoms with Gasteiger partial charge in [-0.1, -0.05) is 41.9 Å². The monoisotopic (exact) mass is 484 g/mol. The number of benzene rings is 2. The van der Waals surface area contributed by atoms with Crippen LogP contribution in [0.5, 0.6) is 0 Å². The Bertz CT molecular complexity index is 1450. The molecule has 5 rings (SSSR count). The zero-order chi connectivity index (χ0) is 24.5. The number of aromatic nitrogens is 3. The molecule has 3 amide bonds. The number of nitrogens with zero attached hydrogens (tertiary/aromatic N) is 4. The van der Waals surface area contributed by atoms with E-state index >= 15 is 0 Å². The zero-order valence-corrected chi connectivity index (χ0v) is 19.1. The Morgan fingerprint density at radius 1 is 0.971 bits per heavy atom. The molecule has 1 aliphatic heterocycles. The van der Waals surface area contributed by atoms with Crippen molar-refractivity contribution >= 4 is 54.1 Å². The minimum Gasteiger partial charge on any atom is -0.368 e. The number of amides is 3. The molecule has 2 radical (unpaired) electrons. The maximum Gasteiger partial charge on any atom is 0.262 e. The highest BCUT2D eigenvalue weighted by Crippen LogP contribution is 2.28. The Labute approximate surface area is 206 Å². The van der Waals surface area contributed by atoms with Gasteiger partial charge < -0.3 is 10.6 Å². The van der Waals surface area contributed by atoms with Crippen LogP contribution >= 0.6 is 11.6 Å². The lowest BCUT2D eigenvalue weighted by Crippen LogP contribution is -2.41. The Hall–Kier alpha value is -4.18. The Kier molecular flexibility index (Phi) is 5.96. The molecule has 35 heavy (non-hydrogen) atoms. The third-order valence-corrected chi connectivity index (χ3v) is 5.91. The molecule has 0 aliphatic carbocycles. The number of rotatable bonds is 7. The summed E-state index contributed by atoms with van der Waals surface area (Å²) in [6.07, 6.45) is 1.51. The largest absolute Gasteiger partial charge is 0.368 e. The lowest BCUT2D eigenvalue weighted by molar-refractivity contribution is -0.121. The van der Waals surface area contributed by atoms with Crippen molar-refractivity contribution in [1.82, 2.24) is 24.8 Å². The smallest absolute Gasteiger partial charge is 0.262 e. The number of halogens is 1. The molecule has 0 fully saturated rings. The Morgan fingerprint density at radius 2 is 1.63 bits per heavy atom. The van der Waals surface area contributed by atoms with E-state index in [0.717, 1.165) is 10.5 Å². The van der Waals surface area contributed by atoms with Crippen molar-refractivity contribution in [2.45, 2.75) is 0 Å². The number of hydrogen-bond donors (Lipinski definition) is 2. The Balaban J connectivity index is 1.24. The molecule has 0 saturated heterocycles. The van der Waals surface area contributed by atoms with Crippen molar-refractivity contribution in [2.24, 2.45) is 0 Å². The first kappa shape index (κ1) is 22.6. The van der Waals surface area contributed by atoms with E-state index in [0.29, 0.717) is 45.3 Å². The summed E-state index contributed by atoms with van der Waals surface area (Å²) in [4.78, 5) is 42.8. The van der Waals surface area contributed by atoms with Crippen LogP contribution in [0.4, 0.5) is 5.82 Å². The van der Waals surface area contributed by atoms with Crippen molar-refractivity contribution in [3.8, 4) is 11.3 Å². The summed E-state index contributed by atoms with van der Waals surface area (Å²) in [5, 5.41) is 10.7. The predicted molar refractivity (Wildman–Crippen MR) is 132 cm³/mol. The van der Waals surface area contributed by atoms with Crippen molar-refractivity contribution in [3.05, 3.63) is 76.9 Å². The summed E-state index contributed by atoms with van der Waals surface area (Å²) < 4.78 is 1.57. The maximum atomic E-state index is 12.4. The first-order valence-electron chi connectivity index (χ1n) is 10.8. The van der Waals surface area contributed by atoms with Crippen molar-refractivity contribution in [1.29, 1.82) is 0 Å². The van der Waals surface area contributed by atoms with Gasteiger partial charge >= 0.3 is 0 Å². The highest BCUT2D eigenvalue weighted by atomic mass is 35.5. The SMILES string of the molecule is [B]c1cnn2c(NCCNC(=O)CN3C(=O)c4ccccc4C3=O)cc(-c3ccccc3Cl)nc12. The fraction of sp³-hybridized carbons (Fsp3) is 0.125. The van der Waals surface area contributed by atoms with Crippen molar-refractivity contribution in [3.63, 3.8) is 0 Å². The minimum atomic E-state index is -0.471. The van der Waals surface area contributed by atoms with Crippen molar-refractivity contribution in [2.75, 3.05) is 25.0 Å². The number of imide groups is 1. The van der Waals surface area contributed by atoms with E-state index < -0.39 is 17.7 Å². The molecule has 0 unspecified atom stereocenters. The normalized spacial score (nSPS) is 12.8. The fourth-order valence-electron chi connectivity index (χ4n) is 3.89. The highest BCUT2D eigenvalue weighted by Gasteiger charge is 2.36. The molecule has 2 N–H and O–H groups in total. The van der Waals surface area contributed by atoms with Gasteiger partial charge in [-0.3, -0.25) is 19.3 Å². The Morgan fingerprint density at radius 3 is 2.31 bits per heavy atom. The summed E-state index contributed by atoms with van der Waals surface area (Å²) in [6.45, 7) is 0.233. The maximum absolute atomic E-state index is 12.4. The topological polar surface area (TPSA) is 109 Å². The number of carbonyl (C=O) groups excluding carboxylic acids is 3. The molecule has 172 valence electrons. The molecule has 0 spiro atoms. The van der Waals surface area contributed by atoms with Crippen LogP contribution in [0.15, 0.2) is 60.8 Å². The average molecular weight is 485 g/mol. The van der Waals surface area contributed by atoms with E-state index in [2.05, 4.69) is 20.7 Å². The van der Waals surface area contributed by atoms with Crippen LogP contribution in [0, 0.1) is 0 Å². The van der Waals surface area contributed by atoms with Crippen LogP contribution in [0.1, 0.15) is 20.7 Å². The number of carbonyl (C=O) groups is 3. The lowest BCUT2D eigenvalue weighted by atomic mass is 10.0. The molecule has 3 heterocycles. The van der Waals surface area contributed by atoms with E-state index in [1.54, 1.807) is 40.9 Å². The van der Waals surface area contributed by atoms with Gasteiger partial charge in [-0.05, 0) is 23.7 Å². The standard InChI is InChI=1S/C24H18BClN6O3/c25-17-12-29-32-20(11-19(30-22(17)32)16-7-3-4-8-18(16)26)27-9-10-28-21(33)13-31-23(34)14-5-1-2-6-15(14)24(31)35/h1-8,11-12,27H,9-10,13H2,(H,28,33). The molecule has 2 aromatic carbocycles. The van der Waals surface area contributed by atoms with Gasteiger partial charge in [-0.2, -0.15) is 9.61 Å². The molecule has 9 nitrogen and oxygen atoms in total. The fourth-order valence-corrected chi connectivity index (χ4v) is 4.12. The second kappa shape index (κ2) is 9.23. The first-order valence-corrected chi connectivity index (χ1v) is 11.2. The zero-order valence-electron chi connectivity index (χ0n) is 18.4. The van der Waals surface area contributed by atoms with Crippen LogP contribution in [-0.2, 0) is 4.79 Å². The minimum absolute atomic E-state index is 0.240.